The molecule has 1 fully saturated rings. The second-order valence-electron chi connectivity index (χ2n) is 3.84. The van der Waals surface area contributed by atoms with E-state index in [-0.39, 0.29) is 5.56 Å². The van der Waals surface area contributed by atoms with Crippen molar-refractivity contribution < 1.29 is 9.90 Å². The predicted octanol–water partition coefficient (Wildman–Crippen LogP) is 1.72. The first-order chi connectivity index (χ1) is 7.68. The highest BCUT2D eigenvalue weighted by atomic mass is 32.2. The van der Waals surface area contributed by atoms with E-state index in [0.717, 1.165) is 11.6 Å². The molecule has 1 saturated heterocycles. The van der Waals surface area contributed by atoms with Gasteiger partial charge in [0.15, 0.2) is 0 Å². The number of hydrogen-bond donors (Lipinski definition) is 1. The molecule has 0 spiro atoms. The van der Waals surface area contributed by atoms with Crippen molar-refractivity contribution in [1.29, 1.82) is 0 Å². The number of pyridine rings is 1. The monoisotopic (exact) mass is 238 g/mol. The lowest BCUT2D eigenvalue weighted by Gasteiger charge is -2.24. The average Bonchev–Trinajstić information content (AvgIpc) is 2.81. The summed E-state index contributed by atoms with van der Waals surface area (Å²) in [6.45, 7) is 0. The molecule has 5 heteroatoms. The van der Waals surface area contributed by atoms with Crippen LogP contribution in [-0.4, -0.2) is 40.7 Å². The van der Waals surface area contributed by atoms with E-state index in [9.17, 15) is 4.79 Å². The van der Waals surface area contributed by atoms with Crippen LogP contribution in [0.25, 0.3) is 0 Å². The summed E-state index contributed by atoms with van der Waals surface area (Å²) in [7, 11) is 2.01. The van der Waals surface area contributed by atoms with Crippen molar-refractivity contribution in [3.05, 3.63) is 23.9 Å². The van der Waals surface area contributed by atoms with Crippen LogP contribution in [0.4, 0.5) is 5.82 Å². The lowest BCUT2D eigenvalue weighted by molar-refractivity contribution is 0.0696. The van der Waals surface area contributed by atoms with Gasteiger partial charge in [-0.25, -0.2) is 9.78 Å². The van der Waals surface area contributed by atoms with Crippen molar-refractivity contribution in [2.45, 2.75) is 12.5 Å². The van der Waals surface area contributed by atoms with Crippen LogP contribution < -0.4 is 4.90 Å². The second-order valence-corrected chi connectivity index (χ2v) is 4.99. The Bertz CT molecular complexity index is 374. The number of nitrogens with zero attached hydrogens (tertiary/aromatic N) is 2. The predicted molar refractivity (Wildman–Crippen MR) is 65.3 cm³/mol. The van der Waals surface area contributed by atoms with Crippen LogP contribution in [0.15, 0.2) is 18.3 Å². The van der Waals surface area contributed by atoms with Gasteiger partial charge in [0.2, 0.25) is 0 Å². The molecule has 1 aromatic heterocycles. The van der Waals surface area contributed by atoms with Gasteiger partial charge < -0.3 is 10.0 Å². The van der Waals surface area contributed by atoms with Crippen LogP contribution >= 0.6 is 11.8 Å². The minimum atomic E-state index is -0.932. The Morgan fingerprint density at radius 2 is 2.44 bits per heavy atom. The Morgan fingerprint density at radius 3 is 2.94 bits per heavy atom. The molecule has 0 aromatic carbocycles. The maximum atomic E-state index is 10.7. The number of hydrogen-bond acceptors (Lipinski definition) is 4. The maximum Gasteiger partial charge on any atom is 0.337 e. The number of carboxylic acids is 1. The van der Waals surface area contributed by atoms with Crippen molar-refractivity contribution in [1.82, 2.24) is 4.98 Å². The largest absolute Gasteiger partial charge is 0.478 e. The van der Waals surface area contributed by atoms with Crippen molar-refractivity contribution in [3.8, 4) is 0 Å². The maximum absolute atomic E-state index is 10.7. The highest BCUT2D eigenvalue weighted by Crippen LogP contribution is 2.24. The van der Waals surface area contributed by atoms with E-state index in [1.165, 1.54) is 18.4 Å². The summed E-state index contributed by atoms with van der Waals surface area (Å²) in [4.78, 5) is 17.0. The van der Waals surface area contributed by atoms with Gasteiger partial charge in [-0.05, 0) is 24.3 Å². The molecule has 0 radical (unpaired) electrons. The van der Waals surface area contributed by atoms with Gasteiger partial charge in [-0.15, -0.1) is 0 Å². The van der Waals surface area contributed by atoms with Gasteiger partial charge in [0.05, 0.1) is 5.56 Å². The molecule has 2 heterocycles. The number of aromatic nitrogens is 1. The summed E-state index contributed by atoms with van der Waals surface area (Å²) in [6.07, 6.45) is 2.58. The number of anilines is 1. The summed E-state index contributed by atoms with van der Waals surface area (Å²) in [5.74, 6) is 2.23. The number of thioether (sulfide) groups is 1. The molecule has 2 rings (SSSR count). The summed E-state index contributed by atoms with van der Waals surface area (Å²) in [5, 5.41) is 8.77. The SMILES string of the molecule is CN(c1ccc(C(=O)O)cn1)[C@H]1CCSC1. The lowest BCUT2D eigenvalue weighted by atomic mass is 10.2. The van der Waals surface area contributed by atoms with E-state index < -0.39 is 5.97 Å². The smallest absolute Gasteiger partial charge is 0.337 e. The normalized spacial score (nSPS) is 19.7. The van der Waals surface area contributed by atoms with Gasteiger partial charge in [0.1, 0.15) is 5.82 Å². The molecule has 4 nitrogen and oxygen atoms in total. The molecule has 1 aromatic rings. The molecular formula is C11H14N2O2S. The topological polar surface area (TPSA) is 53.4 Å². The zero-order chi connectivity index (χ0) is 11.5. The first-order valence-corrected chi connectivity index (χ1v) is 6.34. The van der Waals surface area contributed by atoms with Crippen molar-refractivity contribution >= 4 is 23.5 Å². The second kappa shape index (κ2) is 4.74. The van der Waals surface area contributed by atoms with E-state index in [1.807, 2.05) is 18.8 Å². The van der Waals surface area contributed by atoms with Crippen LogP contribution in [0.3, 0.4) is 0 Å². The zero-order valence-corrected chi connectivity index (χ0v) is 9.91. The Labute approximate surface area is 98.7 Å². The average molecular weight is 238 g/mol. The van der Waals surface area contributed by atoms with E-state index >= 15 is 0 Å². The molecule has 86 valence electrons. The van der Waals surface area contributed by atoms with E-state index in [0.29, 0.717) is 6.04 Å². The summed E-state index contributed by atoms with van der Waals surface area (Å²) in [6, 6.07) is 3.89. The molecule has 16 heavy (non-hydrogen) atoms. The highest BCUT2D eigenvalue weighted by molar-refractivity contribution is 7.99. The van der Waals surface area contributed by atoms with Crippen molar-refractivity contribution in [2.75, 3.05) is 23.5 Å². The molecule has 0 unspecified atom stereocenters. The first kappa shape index (κ1) is 11.3. The lowest BCUT2D eigenvalue weighted by Crippen LogP contribution is -2.31. The van der Waals surface area contributed by atoms with Gasteiger partial charge in [-0.2, -0.15) is 11.8 Å². The van der Waals surface area contributed by atoms with Crippen molar-refractivity contribution in [2.24, 2.45) is 0 Å². The van der Waals surface area contributed by atoms with Gasteiger partial charge in [-0.3, -0.25) is 0 Å². The van der Waals surface area contributed by atoms with Crippen molar-refractivity contribution in [3.63, 3.8) is 0 Å². The molecule has 0 amide bonds. The Morgan fingerprint density at radius 1 is 1.62 bits per heavy atom. The highest BCUT2D eigenvalue weighted by Gasteiger charge is 2.21. The Hall–Kier alpha value is -1.23. The van der Waals surface area contributed by atoms with Crippen LogP contribution in [0.5, 0.6) is 0 Å². The molecule has 1 aliphatic rings. The number of carboxylic acid groups (broad SMARTS) is 1. The number of aromatic carboxylic acids is 1. The fourth-order valence-electron chi connectivity index (χ4n) is 1.74. The molecular weight excluding hydrogens is 224 g/mol. The van der Waals surface area contributed by atoms with Gasteiger partial charge in [0, 0.05) is 25.0 Å². The van der Waals surface area contributed by atoms with Gasteiger partial charge >= 0.3 is 5.97 Å². The Balaban J connectivity index is 2.11. The Kier molecular flexibility index (Phi) is 3.33. The molecule has 0 aliphatic carbocycles. The van der Waals surface area contributed by atoms with Crippen LogP contribution in [0.1, 0.15) is 16.8 Å². The van der Waals surface area contributed by atoms with E-state index in [2.05, 4.69) is 9.88 Å². The van der Waals surface area contributed by atoms with Crippen LogP contribution in [0.2, 0.25) is 0 Å². The fraction of sp³-hybridized carbons (Fsp3) is 0.455. The molecule has 1 atom stereocenters. The third kappa shape index (κ3) is 2.29. The zero-order valence-electron chi connectivity index (χ0n) is 9.09. The third-order valence-electron chi connectivity index (χ3n) is 2.81. The molecule has 0 bridgehead atoms. The van der Waals surface area contributed by atoms with Crippen LogP contribution in [-0.2, 0) is 0 Å². The van der Waals surface area contributed by atoms with E-state index in [1.54, 1.807) is 12.1 Å². The number of rotatable bonds is 3. The third-order valence-corrected chi connectivity index (χ3v) is 3.95. The number of carbonyl (C=O) groups is 1. The minimum absolute atomic E-state index is 0.234. The fourth-order valence-corrected chi connectivity index (χ4v) is 3.00. The standard InChI is InChI=1S/C11H14N2O2S/c1-13(9-4-5-16-7-9)10-3-2-8(6-12-10)11(14)15/h2-3,6,9H,4-5,7H2,1H3,(H,14,15)/t9-/m0/s1. The van der Waals surface area contributed by atoms with E-state index in [4.69, 9.17) is 5.11 Å². The molecule has 1 N–H and O–H groups in total. The summed E-state index contributed by atoms with van der Waals surface area (Å²) >= 11 is 1.95. The summed E-state index contributed by atoms with van der Waals surface area (Å²) < 4.78 is 0. The quantitative estimate of drug-likeness (QED) is 0.869. The molecule has 1 aliphatic heterocycles. The first-order valence-electron chi connectivity index (χ1n) is 5.18. The minimum Gasteiger partial charge on any atom is -0.478 e. The molecule has 0 saturated carbocycles. The van der Waals surface area contributed by atoms with Gasteiger partial charge in [0.25, 0.3) is 0 Å². The van der Waals surface area contributed by atoms with Gasteiger partial charge in [-0.1, -0.05) is 0 Å². The van der Waals surface area contributed by atoms with Crippen LogP contribution in [0, 0.1) is 0 Å². The summed E-state index contributed by atoms with van der Waals surface area (Å²) in [5.41, 5.74) is 0.234.